The number of halogens is 1. The molecule has 1 aliphatic carbocycles. The molecule has 1 saturated carbocycles. The minimum atomic E-state index is -0.475. The lowest BCUT2D eigenvalue weighted by molar-refractivity contribution is -0.120. The van der Waals surface area contributed by atoms with Crippen molar-refractivity contribution in [3.8, 4) is 11.1 Å². The van der Waals surface area contributed by atoms with Gasteiger partial charge in [-0.15, -0.1) is 0 Å². The van der Waals surface area contributed by atoms with Crippen LogP contribution >= 0.6 is 11.6 Å². The van der Waals surface area contributed by atoms with Crippen LogP contribution in [0, 0.1) is 0 Å². The Morgan fingerprint density at radius 1 is 1.03 bits per heavy atom. The maximum Gasteiger partial charge on any atom is 0.328 e. The summed E-state index contributed by atoms with van der Waals surface area (Å²) in [7, 11) is 0. The molecule has 5 rings (SSSR count). The SMILES string of the molecule is O=C1CCN(c2cccc(-c3ccc(N4C(=O)CCC45CCC5)nc3)c2Cl)C(=O)N1. The number of amides is 4. The van der Waals surface area contributed by atoms with E-state index in [1.54, 1.807) is 12.3 Å². The first-order valence-corrected chi connectivity index (χ1v) is 10.6. The van der Waals surface area contributed by atoms with Gasteiger partial charge in [-0.1, -0.05) is 23.7 Å². The molecule has 3 heterocycles. The van der Waals surface area contributed by atoms with E-state index in [2.05, 4.69) is 10.3 Å². The molecule has 154 valence electrons. The summed E-state index contributed by atoms with van der Waals surface area (Å²) in [6.07, 6.45) is 6.67. The highest BCUT2D eigenvalue weighted by Gasteiger charge is 2.50. The number of benzene rings is 1. The first-order valence-electron chi connectivity index (χ1n) is 10.2. The molecule has 4 amide bonds. The maximum absolute atomic E-state index is 12.5. The van der Waals surface area contributed by atoms with Crippen LogP contribution in [0.4, 0.5) is 16.3 Å². The van der Waals surface area contributed by atoms with Gasteiger partial charge in [0, 0.05) is 42.2 Å². The molecule has 1 N–H and O–H groups in total. The zero-order valence-electron chi connectivity index (χ0n) is 16.4. The number of urea groups is 1. The Balaban J connectivity index is 1.45. The molecule has 2 saturated heterocycles. The van der Waals surface area contributed by atoms with Gasteiger partial charge in [-0.25, -0.2) is 9.78 Å². The predicted octanol–water partition coefficient (Wildman–Crippen LogP) is 3.90. The van der Waals surface area contributed by atoms with Gasteiger partial charge in [-0.2, -0.15) is 0 Å². The van der Waals surface area contributed by atoms with Gasteiger partial charge in [0.15, 0.2) is 0 Å². The molecule has 2 aliphatic heterocycles. The van der Waals surface area contributed by atoms with Crippen molar-refractivity contribution >= 4 is 41.0 Å². The number of rotatable bonds is 3. The van der Waals surface area contributed by atoms with Crippen LogP contribution in [-0.2, 0) is 9.59 Å². The lowest BCUT2D eigenvalue weighted by Gasteiger charge is -2.45. The zero-order chi connectivity index (χ0) is 20.9. The molecule has 2 aromatic rings. The van der Waals surface area contributed by atoms with Crippen molar-refractivity contribution in [3.63, 3.8) is 0 Å². The summed E-state index contributed by atoms with van der Waals surface area (Å²) in [5.74, 6) is 0.534. The summed E-state index contributed by atoms with van der Waals surface area (Å²) >= 11 is 6.65. The minimum absolute atomic E-state index is 0.0395. The van der Waals surface area contributed by atoms with E-state index >= 15 is 0 Å². The summed E-state index contributed by atoms with van der Waals surface area (Å²) in [6, 6.07) is 8.74. The summed E-state index contributed by atoms with van der Waals surface area (Å²) in [5, 5.41) is 2.74. The Hall–Kier alpha value is -2.93. The number of aromatic nitrogens is 1. The van der Waals surface area contributed by atoms with Gasteiger partial charge >= 0.3 is 6.03 Å². The lowest BCUT2D eigenvalue weighted by Crippen LogP contribution is -2.51. The number of carbonyl (C=O) groups is 3. The first kappa shape index (κ1) is 19.1. The number of anilines is 2. The Kier molecular flexibility index (Phi) is 4.50. The van der Waals surface area contributed by atoms with Crippen LogP contribution in [0.25, 0.3) is 11.1 Å². The number of nitrogens with one attached hydrogen (secondary N) is 1. The van der Waals surface area contributed by atoms with Crippen molar-refractivity contribution in [1.29, 1.82) is 0 Å². The molecule has 1 spiro atoms. The van der Waals surface area contributed by atoms with Crippen LogP contribution in [0.3, 0.4) is 0 Å². The van der Waals surface area contributed by atoms with Crippen LogP contribution in [0.15, 0.2) is 36.5 Å². The summed E-state index contributed by atoms with van der Waals surface area (Å²) in [4.78, 5) is 44.0. The standard InChI is InChI=1S/C22H21ClN4O3/c23-20-15(3-1-4-16(20)26-12-8-18(28)25-21(26)30)14-5-6-17(24-13-14)27-19(29)7-11-22(27)9-2-10-22/h1,3-6,13H,2,7-12H2,(H,25,28,30). The molecule has 30 heavy (non-hydrogen) atoms. The van der Waals surface area contributed by atoms with Gasteiger partial charge in [0.05, 0.1) is 10.7 Å². The van der Waals surface area contributed by atoms with Crippen molar-refractivity contribution < 1.29 is 14.4 Å². The second-order valence-corrected chi connectivity index (χ2v) is 8.48. The van der Waals surface area contributed by atoms with Gasteiger partial charge in [-0.05, 0) is 43.9 Å². The average Bonchev–Trinajstić information content (AvgIpc) is 3.07. The van der Waals surface area contributed by atoms with Crippen LogP contribution in [0.2, 0.25) is 5.02 Å². The Bertz CT molecular complexity index is 1050. The second kappa shape index (κ2) is 7.09. The summed E-state index contributed by atoms with van der Waals surface area (Å²) < 4.78 is 0. The third-order valence-electron chi connectivity index (χ3n) is 6.42. The van der Waals surface area contributed by atoms with Gasteiger partial charge in [-0.3, -0.25) is 24.7 Å². The molecule has 0 unspecified atom stereocenters. The van der Waals surface area contributed by atoms with Gasteiger partial charge in [0.1, 0.15) is 5.82 Å². The molecule has 8 heteroatoms. The highest BCUT2D eigenvalue weighted by atomic mass is 35.5. The molecular weight excluding hydrogens is 404 g/mol. The van der Waals surface area contributed by atoms with Crippen molar-refractivity contribution in [2.75, 3.05) is 16.3 Å². The molecule has 0 radical (unpaired) electrons. The molecule has 0 bridgehead atoms. The smallest absolute Gasteiger partial charge is 0.292 e. The fraction of sp³-hybridized carbons (Fsp3) is 0.364. The van der Waals surface area contributed by atoms with E-state index in [-0.39, 0.29) is 30.3 Å². The molecule has 3 aliphatic rings. The number of nitrogens with zero attached hydrogens (tertiary/aromatic N) is 3. The maximum atomic E-state index is 12.5. The number of hydrogen-bond donors (Lipinski definition) is 1. The van der Waals surface area contributed by atoms with E-state index in [4.69, 9.17) is 11.6 Å². The molecule has 1 aromatic carbocycles. The number of imide groups is 1. The lowest BCUT2D eigenvalue weighted by atomic mass is 9.75. The summed E-state index contributed by atoms with van der Waals surface area (Å²) in [5.41, 5.74) is 2.05. The van der Waals surface area contributed by atoms with E-state index in [0.717, 1.165) is 36.8 Å². The Morgan fingerprint density at radius 3 is 2.53 bits per heavy atom. The largest absolute Gasteiger partial charge is 0.328 e. The van der Waals surface area contributed by atoms with Crippen molar-refractivity contribution in [1.82, 2.24) is 10.3 Å². The normalized spacial score (nSPS) is 20.5. The second-order valence-electron chi connectivity index (χ2n) is 8.11. The quantitative estimate of drug-likeness (QED) is 0.810. The van der Waals surface area contributed by atoms with Crippen LogP contribution in [0.5, 0.6) is 0 Å². The number of pyridine rings is 1. The van der Waals surface area contributed by atoms with E-state index in [0.29, 0.717) is 22.9 Å². The van der Waals surface area contributed by atoms with Crippen LogP contribution in [0.1, 0.15) is 38.5 Å². The van der Waals surface area contributed by atoms with E-state index in [9.17, 15) is 14.4 Å². The average molecular weight is 425 g/mol. The van der Waals surface area contributed by atoms with Gasteiger partial charge < -0.3 is 0 Å². The fourth-order valence-corrected chi connectivity index (χ4v) is 5.02. The number of carbonyl (C=O) groups excluding carboxylic acids is 3. The van der Waals surface area contributed by atoms with Gasteiger partial charge in [0.25, 0.3) is 0 Å². The topological polar surface area (TPSA) is 82.6 Å². The third kappa shape index (κ3) is 2.96. The van der Waals surface area contributed by atoms with E-state index < -0.39 is 6.03 Å². The van der Waals surface area contributed by atoms with E-state index in [1.165, 1.54) is 4.90 Å². The fourth-order valence-electron chi connectivity index (χ4n) is 4.68. The zero-order valence-corrected chi connectivity index (χ0v) is 17.1. The molecule has 7 nitrogen and oxygen atoms in total. The molecular formula is C22H21ClN4O3. The van der Waals surface area contributed by atoms with Crippen LogP contribution in [-0.4, -0.2) is 34.9 Å². The number of hydrogen-bond acceptors (Lipinski definition) is 4. The summed E-state index contributed by atoms with van der Waals surface area (Å²) in [6.45, 7) is 0.282. The van der Waals surface area contributed by atoms with Gasteiger partial charge in [0.2, 0.25) is 11.8 Å². The van der Waals surface area contributed by atoms with E-state index in [1.807, 2.05) is 29.2 Å². The Labute approximate surface area is 179 Å². The molecule has 0 atom stereocenters. The van der Waals surface area contributed by atoms with Crippen molar-refractivity contribution in [2.24, 2.45) is 0 Å². The van der Waals surface area contributed by atoms with Crippen molar-refractivity contribution in [3.05, 3.63) is 41.6 Å². The van der Waals surface area contributed by atoms with Crippen LogP contribution < -0.4 is 15.1 Å². The molecule has 1 aromatic heterocycles. The predicted molar refractivity (Wildman–Crippen MR) is 113 cm³/mol. The first-order chi connectivity index (χ1) is 14.5. The third-order valence-corrected chi connectivity index (χ3v) is 6.82. The molecule has 3 fully saturated rings. The minimum Gasteiger partial charge on any atom is -0.292 e. The highest BCUT2D eigenvalue weighted by Crippen LogP contribution is 2.47. The Morgan fingerprint density at radius 2 is 1.87 bits per heavy atom. The van der Waals surface area contributed by atoms with Crippen molar-refractivity contribution in [2.45, 2.75) is 44.1 Å². The highest BCUT2D eigenvalue weighted by molar-refractivity contribution is 6.36. The monoisotopic (exact) mass is 424 g/mol.